The lowest BCUT2D eigenvalue weighted by Crippen LogP contribution is -2.50. The number of para-hydroxylation sites is 1. The average Bonchev–Trinajstić information content (AvgIpc) is 3.35. The number of piperazine rings is 1. The van der Waals surface area contributed by atoms with E-state index in [9.17, 15) is 9.59 Å². The van der Waals surface area contributed by atoms with Gasteiger partial charge in [0.25, 0.3) is 11.8 Å². The zero-order valence-electron chi connectivity index (χ0n) is 20.1. The van der Waals surface area contributed by atoms with Crippen molar-refractivity contribution in [1.82, 2.24) is 15.2 Å². The Morgan fingerprint density at radius 1 is 0.917 bits per heavy atom. The van der Waals surface area contributed by atoms with Gasteiger partial charge in [-0.15, -0.1) is 0 Å². The molecule has 36 heavy (non-hydrogen) atoms. The van der Waals surface area contributed by atoms with Crippen LogP contribution in [-0.4, -0.2) is 55.0 Å². The predicted octanol–water partition coefficient (Wildman–Crippen LogP) is 4.30. The van der Waals surface area contributed by atoms with E-state index in [2.05, 4.69) is 27.3 Å². The Bertz CT molecular complexity index is 1390. The number of carbonyl (C=O) groups is 2. The molecular formula is C29H28N4O3. The first kappa shape index (κ1) is 23.2. The molecule has 1 aromatic heterocycles. The maximum atomic E-state index is 13.7. The number of rotatable bonds is 6. The number of hydrogen-bond acceptors (Lipinski definition) is 4. The summed E-state index contributed by atoms with van der Waals surface area (Å²) in [6.07, 6.45) is 3.57. The van der Waals surface area contributed by atoms with Crippen molar-refractivity contribution in [2.24, 2.45) is 0 Å². The lowest BCUT2D eigenvalue weighted by Gasteiger charge is -2.36. The molecule has 4 aromatic rings. The summed E-state index contributed by atoms with van der Waals surface area (Å²) in [6.45, 7) is 2.57. The van der Waals surface area contributed by atoms with Crippen LogP contribution in [0.3, 0.4) is 0 Å². The molecule has 7 nitrogen and oxygen atoms in total. The maximum Gasteiger partial charge on any atom is 0.270 e. The van der Waals surface area contributed by atoms with Crippen molar-refractivity contribution in [3.8, 4) is 5.75 Å². The number of nitrogens with one attached hydrogen (secondary N) is 2. The number of carbonyl (C=O) groups excluding carboxylic acids is 2. The van der Waals surface area contributed by atoms with E-state index < -0.39 is 0 Å². The Morgan fingerprint density at radius 2 is 1.61 bits per heavy atom. The normalized spacial score (nSPS) is 14.1. The molecule has 0 radical (unpaired) electrons. The number of aromatic nitrogens is 1. The highest BCUT2D eigenvalue weighted by Crippen LogP contribution is 2.26. The van der Waals surface area contributed by atoms with Crippen LogP contribution in [-0.2, 0) is 4.79 Å². The molecule has 1 fully saturated rings. The molecule has 2 amide bonds. The van der Waals surface area contributed by atoms with Crippen molar-refractivity contribution >= 4 is 34.5 Å². The van der Waals surface area contributed by atoms with Crippen LogP contribution in [0.1, 0.15) is 15.9 Å². The lowest BCUT2D eigenvalue weighted by molar-refractivity contribution is -0.127. The number of aromatic amines is 1. The van der Waals surface area contributed by atoms with E-state index in [0.29, 0.717) is 18.7 Å². The molecule has 7 heteroatoms. The molecule has 5 rings (SSSR count). The minimum Gasteiger partial charge on any atom is -0.497 e. The van der Waals surface area contributed by atoms with Crippen molar-refractivity contribution < 1.29 is 14.3 Å². The molecule has 2 heterocycles. The summed E-state index contributed by atoms with van der Waals surface area (Å²) in [5.41, 5.74) is 3.58. The maximum absolute atomic E-state index is 13.7. The van der Waals surface area contributed by atoms with Crippen LogP contribution in [0.5, 0.6) is 5.75 Å². The number of H-pyrrole nitrogens is 1. The van der Waals surface area contributed by atoms with Gasteiger partial charge in [-0.05, 0) is 48.5 Å². The first-order chi connectivity index (χ1) is 17.6. The molecule has 182 valence electrons. The van der Waals surface area contributed by atoms with Crippen molar-refractivity contribution in [1.29, 1.82) is 0 Å². The van der Waals surface area contributed by atoms with E-state index in [0.717, 1.165) is 41.0 Å². The highest BCUT2D eigenvalue weighted by atomic mass is 16.5. The van der Waals surface area contributed by atoms with Gasteiger partial charge >= 0.3 is 0 Å². The standard InChI is InChI=1S/C29H28N4O3/c1-36-24-12-13-26-25(19-24)22(20-30-26)18-27(31-28(34)21-8-4-2-5-9-21)29(35)33-16-14-32(15-17-33)23-10-6-3-7-11-23/h2-13,18-20,30H,14-17H2,1H3,(H,31,34)/b27-18+. The second kappa shape index (κ2) is 10.4. The fourth-order valence-corrected chi connectivity index (χ4v) is 4.44. The molecule has 0 aliphatic carbocycles. The monoisotopic (exact) mass is 480 g/mol. The zero-order valence-corrected chi connectivity index (χ0v) is 20.1. The second-order valence-electron chi connectivity index (χ2n) is 8.65. The van der Waals surface area contributed by atoms with Crippen molar-refractivity contribution in [2.75, 3.05) is 38.2 Å². The largest absolute Gasteiger partial charge is 0.497 e. The molecule has 0 bridgehead atoms. The summed E-state index contributed by atoms with van der Waals surface area (Å²) in [7, 11) is 1.62. The summed E-state index contributed by atoms with van der Waals surface area (Å²) in [5.74, 6) is 0.190. The number of methoxy groups -OCH3 is 1. The highest BCUT2D eigenvalue weighted by molar-refractivity contribution is 6.06. The van der Waals surface area contributed by atoms with Crippen molar-refractivity contribution in [3.05, 3.63) is 102 Å². The topological polar surface area (TPSA) is 77.7 Å². The Kier molecular flexibility index (Phi) is 6.71. The molecule has 3 aromatic carbocycles. The number of anilines is 1. The van der Waals surface area contributed by atoms with Crippen molar-refractivity contribution in [3.63, 3.8) is 0 Å². The lowest BCUT2D eigenvalue weighted by atomic mass is 10.1. The Balaban J connectivity index is 1.42. The first-order valence-corrected chi connectivity index (χ1v) is 11.9. The summed E-state index contributed by atoms with van der Waals surface area (Å²) >= 11 is 0. The number of hydrogen-bond donors (Lipinski definition) is 2. The molecule has 1 aliphatic rings. The van der Waals surface area contributed by atoms with E-state index >= 15 is 0 Å². The SMILES string of the molecule is COc1ccc2[nH]cc(/C=C(/NC(=O)c3ccccc3)C(=O)N3CCN(c4ccccc4)CC3)c2c1. The third kappa shape index (κ3) is 4.95. The van der Waals surface area contributed by atoms with E-state index in [-0.39, 0.29) is 17.5 Å². The van der Waals surface area contributed by atoms with Gasteiger partial charge in [0.15, 0.2) is 0 Å². The third-order valence-electron chi connectivity index (χ3n) is 6.42. The minimum absolute atomic E-state index is 0.204. The van der Waals surface area contributed by atoms with Gasteiger partial charge in [0, 0.05) is 60.1 Å². The van der Waals surface area contributed by atoms with Gasteiger partial charge in [-0.25, -0.2) is 0 Å². The van der Waals surface area contributed by atoms with Crippen LogP contribution in [0.25, 0.3) is 17.0 Å². The van der Waals surface area contributed by atoms with Gasteiger partial charge in [0.1, 0.15) is 11.4 Å². The summed E-state index contributed by atoms with van der Waals surface area (Å²) in [4.78, 5) is 34.0. The zero-order chi connectivity index (χ0) is 24.9. The molecule has 0 unspecified atom stereocenters. The molecule has 0 atom stereocenters. The molecule has 0 spiro atoms. The highest BCUT2D eigenvalue weighted by Gasteiger charge is 2.25. The van der Waals surface area contributed by atoms with Gasteiger partial charge in [0.05, 0.1) is 7.11 Å². The number of ether oxygens (including phenoxy) is 1. The second-order valence-corrected chi connectivity index (χ2v) is 8.65. The van der Waals surface area contributed by atoms with Crippen LogP contribution in [0.15, 0.2) is 90.8 Å². The molecule has 2 N–H and O–H groups in total. The summed E-state index contributed by atoms with van der Waals surface area (Å²) < 4.78 is 5.38. The summed E-state index contributed by atoms with van der Waals surface area (Å²) in [5, 5.41) is 3.78. The number of fused-ring (bicyclic) bond motifs is 1. The number of benzene rings is 3. The van der Waals surface area contributed by atoms with Gasteiger partial charge in [-0.1, -0.05) is 36.4 Å². The smallest absolute Gasteiger partial charge is 0.270 e. The molecule has 0 saturated carbocycles. The quantitative estimate of drug-likeness (QED) is 0.404. The van der Waals surface area contributed by atoms with Gasteiger partial charge < -0.3 is 24.8 Å². The van der Waals surface area contributed by atoms with Gasteiger partial charge in [0.2, 0.25) is 0 Å². The third-order valence-corrected chi connectivity index (χ3v) is 6.42. The Labute approximate surface area is 210 Å². The van der Waals surface area contributed by atoms with Crippen LogP contribution in [0.4, 0.5) is 5.69 Å². The van der Waals surface area contributed by atoms with E-state index in [1.54, 1.807) is 42.4 Å². The fraction of sp³-hybridized carbons (Fsp3) is 0.172. The molecular weight excluding hydrogens is 452 g/mol. The predicted molar refractivity (Wildman–Crippen MR) is 142 cm³/mol. The fourth-order valence-electron chi connectivity index (χ4n) is 4.44. The van der Waals surface area contributed by atoms with E-state index in [1.807, 2.05) is 48.7 Å². The van der Waals surface area contributed by atoms with E-state index in [4.69, 9.17) is 4.74 Å². The minimum atomic E-state index is -0.324. The average molecular weight is 481 g/mol. The number of nitrogens with zero attached hydrogens (tertiary/aromatic N) is 2. The van der Waals surface area contributed by atoms with Gasteiger partial charge in [-0.2, -0.15) is 0 Å². The summed E-state index contributed by atoms with van der Waals surface area (Å²) in [6, 6.07) is 24.8. The van der Waals surface area contributed by atoms with Gasteiger partial charge in [-0.3, -0.25) is 9.59 Å². The van der Waals surface area contributed by atoms with Crippen LogP contribution >= 0.6 is 0 Å². The first-order valence-electron chi connectivity index (χ1n) is 11.9. The van der Waals surface area contributed by atoms with E-state index in [1.165, 1.54) is 0 Å². The Morgan fingerprint density at radius 3 is 2.31 bits per heavy atom. The van der Waals surface area contributed by atoms with Crippen LogP contribution < -0.4 is 15.0 Å². The van der Waals surface area contributed by atoms with Crippen LogP contribution in [0, 0.1) is 0 Å². The number of amides is 2. The van der Waals surface area contributed by atoms with Crippen LogP contribution in [0.2, 0.25) is 0 Å². The Hall–Kier alpha value is -4.52. The van der Waals surface area contributed by atoms with Crippen molar-refractivity contribution in [2.45, 2.75) is 0 Å². The molecule has 1 aliphatic heterocycles. The molecule has 1 saturated heterocycles.